The fraction of sp³-hybridized carbons (Fsp3) is 0.571. The van der Waals surface area contributed by atoms with Gasteiger partial charge in [-0.05, 0) is 35.3 Å². The van der Waals surface area contributed by atoms with Crippen LogP contribution in [0.3, 0.4) is 0 Å². The average Bonchev–Trinajstić information content (AvgIpc) is 2.91. The van der Waals surface area contributed by atoms with Gasteiger partial charge < -0.3 is 14.9 Å². The molecule has 0 aromatic carbocycles. The highest BCUT2D eigenvalue weighted by Gasteiger charge is 2.24. The zero-order valence-electron chi connectivity index (χ0n) is 11.9. The van der Waals surface area contributed by atoms with E-state index in [9.17, 15) is 0 Å². The zero-order chi connectivity index (χ0) is 14.7. The van der Waals surface area contributed by atoms with E-state index in [1.165, 1.54) is 32.4 Å². The van der Waals surface area contributed by atoms with Gasteiger partial charge in [0.25, 0.3) is 0 Å². The van der Waals surface area contributed by atoms with Crippen molar-refractivity contribution < 1.29 is 4.74 Å². The lowest BCUT2D eigenvalue weighted by Gasteiger charge is -2.38. The molecule has 2 aromatic heterocycles. The van der Waals surface area contributed by atoms with Gasteiger partial charge in [-0.3, -0.25) is 4.90 Å². The van der Waals surface area contributed by atoms with E-state index in [0.29, 0.717) is 5.82 Å². The normalized spacial score (nSPS) is 22.4. The van der Waals surface area contributed by atoms with Crippen LogP contribution in [0.5, 0.6) is 0 Å². The van der Waals surface area contributed by atoms with Crippen molar-refractivity contribution in [3.05, 3.63) is 23.3 Å². The number of piperidine rings is 1. The van der Waals surface area contributed by atoms with Crippen LogP contribution >= 0.6 is 15.9 Å². The molecular weight excluding hydrogens is 334 g/mol. The summed E-state index contributed by atoms with van der Waals surface area (Å²) in [4.78, 5) is 10.5. The number of anilines is 1. The van der Waals surface area contributed by atoms with E-state index in [-0.39, 0.29) is 0 Å². The maximum atomic E-state index is 5.60. The number of hydrogen-bond acceptors (Lipinski definition) is 5. The molecule has 1 unspecified atom stereocenters. The van der Waals surface area contributed by atoms with Gasteiger partial charge in [-0.25, -0.2) is 9.97 Å². The molecule has 2 saturated heterocycles. The van der Waals surface area contributed by atoms with Crippen LogP contribution in [0.4, 0.5) is 5.82 Å². The second-order valence-electron chi connectivity index (χ2n) is 5.36. The molecule has 0 bridgehead atoms. The molecule has 2 fully saturated rings. The van der Waals surface area contributed by atoms with Crippen molar-refractivity contribution in [1.29, 1.82) is 0 Å². The zero-order valence-corrected chi connectivity index (χ0v) is 13.5. The third kappa shape index (κ3) is 3.36. The number of nitrogen functional groups attached to an aromatic ring is 1. The number of morpholine rings is 1. The molecule has 114 valence electrons. The van der Waals surface area contributed by atoms with Crippen LogP contribution in [0, 0.1) is 0 Å². The van der Waals surface area contributed by atoms with E-state index in [4.69, 9.17) is 10.5 Å². The van der Waals surface area contributed by atoms with Crippen LogP contribution in [0.2, 0.25) is 0 Å². The van der Waals surface area contributed by atoms with Gasteiger partial charge in [0.05, 0.1) is 13.2 Å². The van der Waals surface area contributed by atoms with Gasteiger partial charge in [0.2, 0.25) is 0 Å². The Hall–Kier alpha value is -1.18. The molecule has 0 aliphatic carbocycles. The highest BCUT2D eigenvalue weighted by Crippen LogP contribution is 2.19. The van der Waals surface area contributed by atoms with Gasteiger partial charge in [0, 0.05) is 25.0 Å². The number of imidazole rings is 1. The summed E-state index contributed by atoms with van der Waals surface area (Å²) < 4.78 is 7.93. The molecule has 0 radical (unpaired) electrons. The largest absolute Gasteiger partial charge is 0.382 e. The number of ether oxygens (including phenoxy) is 1. The molecule has 0 spiro atoms. The number of halogens is 1. The lowest BCUT2D eigenvalue weighted by molar-refractivity contribution is -0.0231. The summed E-state index contributed by atoms with van der Waals surface area (Å²) in [6.07, 6.45) is 9.28. The minimum atomic E-state index is 0.483. The first-order valence-corrected chi connectivity index (χ1v) is 8.09. The van der Waals surface area contributed by atoms with Crippen molar-refractivity contribution in [3.8, 4) is 0 Å². The molecule has 1 atom stereocenters. The molecule has 4 rings (SSSR count). The van der Waals surface area contributed by atoms with E-state index < -0.39 is 0 Å². The highest BCUT2D eigenvalue weighted by molar-refractivity contribution is 9.10. The van der Waals surface area contributed by atoms with Gasteiger partial charge in [-0.1, -0.05) is 6.42 Å². The molecule has 2 aromatic rings. The quantitative estimate of drug-likeness (QED) is 0.783. The third-order valence-electron chi connectivity index (χ3n) is 4.01. The lowest BCUT2D eigenvalue weighted by Crippen LogP contribution is -2.47. The Bertz CT molecular complexity index is 576. The molecule has 2 aliphatic heterocycles. The summed E-state index contributed by atoms with van der Waals surface area (Å²) in [7, 11) is 0. The number of aromatic nitrogens is 3. The van der Waals surface area contributed by atoms with Crippen LogP contribution in [0.15, 0.2) is 23.3 Å². The SMILES string of the molecule is C1CCN2CCOCC2C1.Nc1nccn2cnc(Br)c12. The minimum absolute atomic E-state index is 0.483. The number of nitrogens with zero attached hydrogens (tertiary/aromatic N) is 4. The van der Waals surface area contributed by atoms with Gasteiger partial charge >= 0.3 is 0 Å². The summed E-state index contributed by atoms with van der Waals surface area (Å²) in [5.74, 6) is 0.483. The molecule has 4 heterocycles. The first kappa shape index (κ1) is 14.7. The number of nitrogens with two attached hydrogens (primary N) is 1. The number of rotatable bonds is 0. The molecule has 0 amide bonds. The van der Waals surface area contributed by atoms with Gasteiger partial charge in [0.1, 0.15) is 16.4 Å². The van der Waals surface area contributed by atoms with Gasteiger partial charge in [0.15, 0.2) is 5.82 Å². The Kier molecular flexibility index (Phi) is 4.72. The minimum Gasteiger partial charge on any atom is -0.382 e. The topological polar surface area (TPSA) is 68.7 Å². The maximum Gasteiger partial charge on any atom is 0.150 e. The summed E-state index contributed by atoms with van der Waals surface area (Å²) in [5.41, 5.74) is 6.41. The smallest absolute Gasteiger partial charge is 0.150 e. The summed E-state index contributed by atoms with van der Waals surface area (Å²) in [5, 5.41) is 0. The Morgan fingerprint density at radius 1 is 1.29 bits per heavy atom. The second kappa shape index (κ2) is 6.72. The lowest BCUT2D eigenvalue weighted by atomic mass is 10.0. The molecular formula is C14H20BrN5O. The van der Waals surface area contributed by atoms with Gasteiger partial charge in [-0.15, -0.1) is 0 Å². The fourth-order valence-electron chi connectivity index (χ4n) is 2.88. The summed E-state index contributed by atoms with van der Waals surface area (Å²) >= 11 is 3.27. The van der Waals surface area contributed by atoms with Crippen LogP contribution in [0.25, 0.3) is 5.52 Å². The maximum absolute atomic E-state index is 5.60. The van der Waals surface area contributed by atoms with Crippen LogP contribution in [-0.2, 0) is 4.74 Å². The second-order valence-corrected chi connectivity index (χ2v) is 6.12. The van der Waals surface area contributed by atoms with Crippen molar-refractivity contribution in [2.24, 2.45) is 0 Å². The van der Waals surface area contributed by atoms with E-state index in [0.717, 1.165) is 29.4 Å². The molecule has 21 heavy (non-hydrogen) atoms. The van der Waals surface area contributed by atoms with E-state index in [1.54, 1.807) is 18.7 Å². The van der Waals surface area contributed by atoms with Crippen molar-refractivity contribution in [3.63, 3.8) is 0 Å². The molecule has 7 heteroatoms. The van der Waals surface area contributed by atoms with Crippen molar-refractivity contribution in [1.82, 2.24) is 19.3 Å². The predicted molar refractivity (Wildman–Crippen MR) is 85.1 cm³/mol. The average molecular weight is 354 g/mol. The number of fused-ring (bicyclic) bond motifs is 2. The Labute approximate surface area is 132 Å². The molecule has 2 aliphatic rings. The standard InChI is InChI=1S/C8H15NO.C6H5BrN4/c1-2-4-9-5-6-10-7-8(9)3-1;7-5-4-6(8)9-1-2-11(4)3-10-5/h8H,1-7H2;1-3H,(H2,8,9). The van der Waals surface area contributed by atoms with Gasteiger partial charge in [-0.2, -0.15) is 0 Å². The van der Waals surface area contributed by atoms with E-state index >= 15 is 0 Å². The summed E-state index contributed by atoms with van der Waals surface area (Å²) in [6, 6.07) is 0.766. The molecule has 6 nitrogen and oxygen atoms in total. The first-order chi connectivity index (χ1) is 10.3. The van der Waals surface area contributed by atoms with Crippen molar-refractivity contribution >= 4 is 27.3 Å². The molecule has 0 saturated carbocycles. The Morgan fingerprint density at radius 3 is 3.00 bits per heavy atom. The predicted octanol–water partition coefficient (Wildman–Crippen LogP) is 1.95. The first-order valence-electron chi connectivity index (χ1n) is 7.30. The Morgan fingerprint density at radius 2 is 2.19 bits per heavy atom. The van der Waals surface area contributed by atoms with E-state index in [1.807, 2.05) is 4.40 Å². The highest BCUT2D eigenvalue weighted by atomic mass is 79.9. The van der Waals surface area contributed by atoms with Crippen molar-refractivity contribution in [2.45, 2.75) is 25.3 Å². The summed E-state index contributed by atoms with van der Waals surface area (Å²) in [6.45, 7) is 4.43. The van der Waals surface area contributed by atoms with Crippen molar-refractivity contribution in [2.75, 3.05) is 32.0 Å². The number of hydrogen-bond donors (Lipinski definition) is 1. The fourth-order valence-corrected chi connectivity index (χ4v) is 3.38. The van der Waals surface area contributed by atoms with Crippen LogP contribution in [-0.4, -0.2) is 51.6 Å². The Balaban J connectivity index is 0.000000126. The monoisotopic (exact) mass is 353 g/mol. The molecule has 2 N–H and O–H groups in total. The van der Waals surface area contributed by atoms with Crippen LogP contribution in [0.1, 0.15) is 19.3 Å². The van der Waals surface area contributed by atoms with Crippen LogP contribution < -0.4 is 5.73 Å². The third-order valence-corrected chi connectivity index (χ3v) is 4.60. The van der Waals surface area contributed by atoms with E-state index in [2.05, 4.69) is 30.8 Å².